The Labute approximate surface area is 109 Å². The monoisotopic (exact) mass is 252 g/mol. The molecule has 0 bridgehead atoms. The SMILES string of the molecule is CCCNc1ncc(C)c(N(CC)CCCO)n1. The second-order valence-corrected chi connectivity index (χ2v) is 4.28. The van der Waals surface area contributed by atoms with Crippen LogP contribution in [0, 0.1) is 6.92 Å². The lowest BCUT2D eigenvalue weighted by Gasteiger charge is -2.23. The van der Waals surface area contributed by atoms with Crippen molar-refractivity contribution in [2.75, 3.05) is 36.5 Å². The van der Waals surface area contributed by atoms with Crippen LogP contribution in [0.25, 0.3) is 0 Å². The van der Waals surface area contributed by atoms with Gasteiger partial charge in [0.2, 0.25) is 5.95 Å². The Morgan fingerprint density at radius 1 is 1.39 bits per heavy atom. The van der Waals surface area contributed by atoms with Gasteiger partial charge in [0.15, 0.2) is 0 Å². The number of aliphatic hydroxyl groups is 1. The zero-order valence-electron chi connectivity index (χ0n) is 11.6. The largest absolute Gasteiger partial charge is 0.396 e. The van der Waals surface area contributed by atoms with Crippen molar-refractivity contribution in [1.29, 1.82) is 0 Å². The minimum atomic E-state index is 0.210. The molecular weight excluding hydrogens is 228 g/mol. The van der Waals surface area contributed by atoms with E-state index in [1.807, 2.05) is 13.1 Å². The van der Waals surface area contributed by atoms with E-state index in [0.29, 0.717) is 5.95 Å². The first-order valence-corrected chi connectivity index (χ1v) is 6.66. The zero-order chi connectivity index (χ0) is 13.4. The topological polar surface area (TPSA) is 61.3 Å². The number of aromatic nitrogens is 2. The molecule has 0 amide bonds. The predicted octanol–water partition coefficient (Wildman–Crippen LogP) is 1.82. The van der Waals surface area contributed by atoms with E-state index in [4.69, 9.17) is 5.11 Å². The van der Waals surface area contributed by atoms with Crippen LogP contribution in [0.15, 0.2) is 6.20 Å². The normalized spacial score (nSPS) is 10.4. The maximum Gasteiger partial charge on any atom is 0.224 e. The number of hydrogen-bond acceptors (Lipinski definition) is 5. The fraction of sp³-hybridized carbons (Fsp3) is 0.692. The third-order valence-electron chi connectivity index (χ3n) is 2.75. The minimum Gasteiger partial charge on any atom is -0.396 e. The second-order valence-electron chi connectivity index (χ2n) is 4.28. The smallest absolute Gasteiger partial charge is 0.224 e. The van der Waals surface area contributed by atoms with Crippen LogP contribution in [0.3, 0.4) is 0 Å². The Hall–Kier alpha value is -1.36. The first kappa shape index (κ1) is 14.7. The summed E-state index contributed by atoms with van der Waals surface area (Å²) in [6.45, 7) is 9.01. The van der Waals surface area contributed by atoms with E-state index in [1.165, 1.54) is 0 Å². The Balaban J connectivity index is 2.83. The van der Waals surface area contributed by atoms with Crippen molar-refractivity contribution in [2.24, 2.45) is 0 Å². The summed E-state index contributed by atoms with van der Waals surface area (Å²) in [6.07, 6.45) is 3.66. The Morgan fingerprint density at radius 3 is 2.78 bits per heavy atom. The molecule has 0 radical (unpaired) electrons. The molecule has 1 heterocycles. The van der Waals surface area contributed by atoms with Gasteiger partial charge in [0.05, 0.1) is 0 Å². The molecule has 18 heavy (non-hydrogen) atoms. The maximum atomic E-state index is 8.93. The average Bonchev–Trinajstić information content (AvgIpc) is 2.39. The highest BCUT2D eigenvalue weighted by Crippen LogP contribution is 2.18. The molecule has 0 aliphatic heterocycles. The Bertz CT molecular complexity index is 357. The number of anilines is 2. The van der Waals surface area contributed by atoms with E-state index in [-0.39, 0.29) is 6.61 Å². The van der Waals surface area contributed by atoms with Crippen LogP contribution in [0.4, 0.5) is 11.8 Å². The molecule has 0 fully saturated rings. The molecule has 0 spiro atoms. The lowest BCUT2D eigenvalue weighted by molar-refractivity contribution is 0.289. The third kappa shape index (κ3) is 4.14. The number of aliphatic hydroxyl groups excluding tert-OH is 1. The Kier molecular flexibility index (Phi) is 6.43. The molecular formula is C13H24N4O. The van der Waals surface area contributed by atoms with E-state index in [1.54, 1.807) is 0 Å². The highest BCUT2D eigenvalue weighted by atomic mass is 16.3. The van der Waals surface area contributed by atoms with Crippen LogP contribution in [0.1, 0.15) is 32.3 Å². The van der Waals surface area contributed by atoms with Crippen molar-refractivity contribution in [3.8, 4) is 0 Å². The quantitative estimate of drug-likeness (QED) is 0.739. The highest BCUT2D eigenvalue weighted by molar-refractivity contribution is 5.48. The van der Waals surface area contributed by atoms with Gasteiger partial charge in [-0.15, -0.1) is 0 Å². The Morgan fingerprint density at radius 2 is 2.17 bits per heavy atom. The van der Waals surface area contributed by atoms with Gasteiger partial charge in [-0.3, -0.25) is 0 Å². The molecule has 1 aromatic heterocycles. The minimum absolute atomic E-state index is 0.210. The van der Waals surface area contributed by atoms with E-state index in [0.717, 1.165) is 43.9 Å². The van der Waals surface area contributed by atoms with Gasteiger partial charge in [-0.1, -0.05) is 6.92 Å². The molecule has 5 heteroatoms. The fourth-order valence-electron chi connectivity index (χ4n) is 1.75. The van der Waals surface area contributed by atoms with E-state index in [2.05, 4.69) is 34.0 Å². The second kappa shape index (κ2) is 7.87. The molecule has 0 saturated carbocycles. The lowest BCUT2D eigenvalue weighted by atomic mass is 10.3. The van der Waals surface area contributed by atoms with Gasteiger partial charge >= 0.3 is 0 Å². The van der Waals surface area contributed by atoms with Crippen molar-refractivity contribution in [1.82, 2.24) is 9.97 Å². The molecule has 0 aliphatic rings. The van der Waals surface area contributed by atoms with Gasteiger partial charge in [-0.2, -0.15) is 4.98 Å². The summed E-state index contributed by atoms with van der Waals surface area (Å²) >= 11 is 0. The number of nitrogens with zero attached hydrogens (tertiary/aromatic N) is 3. The van der Waals surface area contributed by atoms with Crippen molar-refractivity contribution < 1.29 is 5.11 Å². The summed E-state index contributed by atoms with van der Waals surface area (Å²) in [5.41, 5.74) is 1.07. The molecule has 0 atom stereocenters. The predicted molar refractivity (Wildman–Crippen MR) is 75.1 cm³/mol. The van der Waals surface area contributed by atoms with Crippen molar-refractivity contribution in [3.63, 3.8) is 0 Å². The standard InChI is InChI=1S/C13H24N4O/c1-4-7-14-13-15-10-11(3)12(16-13)17(5-2)8-6-9-18/h10,18H,4-9H2,1-3H3,(H,14,15,16). The van der Waals surface area contributed by atoms with Gasteiger partial charge in [0.1, 0.15) is 5.82 Å². The number of nitrogens with one attached hydrogen (secondary N) is 1. The van der Waals surface area contributed by atoms with Crippen LogP contribution < -0.4 is 10.2 Å². The molecule has 0 unspecified atom stereocenters. The van der Waals surface area contributed by atoms with Crippen molar-refractivity contribution >= 4 is 11.8 Å². The zero-order valence-corrected chi connectivity index (χ0v) is 11.6. The first-order valence-electron chi connectivity index (χ1n) is 6.66. The van der Waals surface area contributed by atoms with Crippen molar-refractivity contribution in [2.45, 2.75) is 33.6 Å². The summed E-state index contributed by atoms with van der Waals surface area (Å²) in [7, 11) is 0. The van der Waals surface area contributed by atoms with Gasteiger partial charge in [0, 0.05) is 38.0 Å². The molecule has 1 rings (SSSR count). The van der Waals surface area contributed by atoms with Gasteiger partial charge in [-0.25, -0.2) is 4.98 Å². The van der Waals surface area contributed by atoms with Gasteiger partial charge in [-0.05, 0) is 26.7 Å². The third-order valence-corrected chi connectivity index (χ3v) is 2.75. The lowest BCUT2D eigenvalue weighted by Crippen LogP contribution is -2.27. The van der Waals surface area contributed by atoms with Crippen molar-refractivity contribution in [3.05, 3.63) is 11.8 Å². The van der Waals surface area contributed by atoms with Crippen LogP contribution in [-0.4, -0.2) is 41.3 Å². The molecule has 2 N–H and O–H groups in total. The first-order chi connectivity index (χ1) is 8.72. The van der Waals surface area contributed by atoms with Crippen LogP contribution in [0.5, 0.6) is 0 Å². The number of hydrogen-bond donors (Lipinski definition) is 2. The van der Waals surface area contributed by atoms with Gasteiger partial charge in [0.25, 0.3) is 0 Å². The maximum absolute atomic E-state index is 8.93. The van der Waals surface area contributed by atoms with Crippen LogP contribution in [-0.2, 0) is 0 Å². The molecule has 0 saturated heterocycles. The molecule has 0 aliphatic carbocycles. The summed E-state index contributed by atoms with van der Waals surface area (Å²) in [6, 6.07) is 0. The highest BCUT2D eigenvalue weighted by Gasteiger charge is 2.10. The van der Waals surface area contributed by atoms with Crippen LogP contribution >= 0.6 is 0 Å². The van der Waals surface area contributed by atoms with E-state index >= 15 is 0 Å². The van der Waals surface area contributed by atoms with Crippen LogP contribution in [0.2, 0.25) is 0 Å². The molecule has 5 nitrogen and oxygen atoms in total. The fourth-order valence-corrected chi connectivity index (χ4v) is 1.75. The summed E-state index contributed by atoms with van der Waals surface area (Å²) in [5.74, 6) is 1.64. The molecule has 102 valence electrons. The average molecular weight is 252 g/mol. The summed E-state index contributed by atoms with van der Waals surface area (Å²) < 4.78 is 0. The molecule has 1 aromatic rings. The summed E-state index contributed by atoms with van der Waals surface area (Å²) in [4.78, 5) is 11.0. The van der Waals surface area contributed by atoms with E-state index in [9.17, 15) is 0 Å². The molecule has 0 aromatic carbocycles. The number of rotatable bonds is 8. The van der Waals surface area contributed by atoms with E-state index < -0.39 is 0 Å². The number of aryl methyl sites for hydroxylation is 1. The van der Waals surface area contributed by atoms with Gasteiger partial charge < -0.3 is 15.3 Å². The summed E-state index contributed by atoms with van der Waals surface area (Å²) in [5, 5.41) is 12.1.